The molecule has 0 aliphatic heterocycles. The van der Waals surface area contributed by atoms with E-state index < -0.39 is 0 Å². The molecule has 0 atom stereocenters. The van der Waals surface area contributed by atoms with Crippen LogP contribution in [0.15, 0.2) is 45.6 Å². The van der Waals surface area contributed by atoms with Crippen molar-refractivity contribution in [3.63, 3.8) is 0 Å². The Morgan fingerprint density at radius 2 is 1.53 bits per heavy atom. The zero-order valence-electron chi connectivity index (χ0n) is 9.80. The molecule has 0 radical (unpaired) electrons. The Hall–Kier alpha value is -1.52. The van der Waals surface area contributed by atoms with Crippen molar-refractivity contribution in [1.82, 2.24) is 0 Å². The first kappa shape index (κ1) is 12.0. The van der Waals surface area contributed by atoms with Crippen LogP contribution in [0.1, 0.15) is 24.9 Å². The van der Waals surface area contributed by atoms with Gasteiger partial charge in [-0.25, -0.2) is 0 Å². The largest absolute Gasteiger partial charge is 0.467 e. The van der Waals surface area contributed by atoms with E-state index in [1.54, 1.807) is 12.5 Å². The fourth-order valence-corrected chi connectivity index (χ4v) is 1.42. The molecule has 2 aromatic rings. The molecule has 0 saturated carbocycles. The number of ether oxygens (including phenoxy) is 2. The summed E-state index contributed by atoms with van der Waals surface area (Å²) >= 11 is 0. The minimum absolute atomic E-state index is 0.245. The topological polar surface area (TPSA) is 44.7 Å². The molecule has 0 unspecified atom stereocenters. The van der Waals surface area contributed by atoms with Gasteiger partial charge in [-0.3, -0.25) is 0 Å². The highest BCUT2D eigenvalue weighted by Gasteiger charge is 2.09. The zero-order chi connectivity index (χ0) is 11.9. The predicted octanol–water partition coefficient (Wildman–Crippen LogP) is 3.34. The van der Waals surface area contributed by atoms with Gasteiger partial charge >= 0.3 is 0 Å². The highest BCUT2D eigenvalue weighted by atomic mass is 16.7. The van der Waals surface area contributed by atoms with Gasteiger partial charge in [0.25, 0.3) is 0 Å². The summed E-state index contributed by atoms with van der Waals surface area (Å²) in [5.74, 6) is 1.59. The van der Waals surface area contributed by atoms with E-state index in [0.717, 1.165) is 17.9 Å². The molecular formula is C13H16O4. The molecule has 92 valence electrons. The number of rotatable bonds is 7. The van der Waals surface area contributed by atoms with Crippen LogP contribution in [0, 0.1) is 0 Å². The number of furan rings is 2. The fraction of sp³-hybridized carbons (Fsp3) is 0.385. The van der Waals surface area contributed by atoms with Gasteiger partial charge in [0, 0.05) is 0 Å². The summed E-state index contributed by atoms with van der Waals surface area (Å²) in [6.45, 7) is 2.85. The molecule has 2 rings (SSSR count). The summed E-state index contributed by atoms with van der Waals surface area (Å²) in [6, 6.07) is 7.42. The zero-order valence-corrected chi connectivity index (χ0v) is 9.80. The lowest BCUT2D eigenvalue weighted by Crippen LogP contribution is -2.15. The molecule has 0 fully saturated rings. The van der Waals surface area contributed by atoms with Crippen LogP contribution in [-0.4, -0.2) is 6.29 Å². The van der Waals surface area contributed by atoms with Crippen LogP contribution in [0.25, 0.3) is 0 Å². The standard InChI is InChI=1S/C13H16O4/c1-2-13(16-9-11-5-3-7-14-11)17-10-12-6-4-8-15-12/h3-8,13H,2,9-10H2,1H3. The van der Waals surface area contributed by atoms with Gasteiger partial charge in [-0.2, -0.15) is 0 Å². The number of hydrogen-bond acceptors (Lipinski definition) is 4. The predicted molar refractivity (Wildman–Crippen MR) is 61.1 cm³/mol. The van der Waals surface area contributed by atoms with Crippen LogP contribution in [0.5, 0.6) is 0 Å². The van der Waals surface area contributed by atoms with Crippen molar-refractivity contribution in [2.24, 2.45) is 0 Å². The van der Waals surface area contributed by atoms with E-state index in [1.165, 1.54) is 0 Å². The van der Waals surface area contributed by atoms with E-state index in [9.17, 15) is 0 Å². The van der Waals surface area contributed by atoms with Crippen molar-refractivity contribution in [3.8, 4) is 0 Å². The minimum atomic E-state index is -0.245. The van der Waals surface area contributed by atoms with Gasteiger partial charge in [-0.1, -0.05) is 6.92 Å². The summed E-state index contributed by atoms with van der Waals surface area (Å²) < 4.78 is 21.5. The maximum Gasteiger partial charge on any atom is 0.158 e. The van der Waals surface area contributed by atoms with Gasteiger partial charge < -0.3 is 18.3 Å². The Kier molecular flexibility index (Phi) is 4.41. The maximum absolute atomic E-state index is 5.58. The van der Waals surface area contributed by atoms with Gasteiger partial charge in [0.2, 0.25) is 0 Å². The third kappa shape index (κ3) is 3.76. The van der Waals surface area contributed by atoms with E-state index in [2.05, 4.69) is 0 Å². The second kappa shape index (κ2) is 6.27. The molecule has 2 heterocycles. The molecule has 0 amide bonds. The van der Waals surface area contributed by atoms with Crippen molar-refractivity contribution >= 4 is 0 Å². The third-order valence-electron chi connectivity index (χ3n) is 2.32. The first-order valence-electron chi connectivity index (χ1n) is 5.66. The second-order valence-corrected chi connectivity index (χ2v) is 3.62. The Bertz CT molecular complexity index is 353. The maximum atomic E-state index is 5.58. The molecule has 0 spiro atoms. The normalized spacial score (nSPS) is 11.2. The summed E-state index contributed by atoms with van der Waals surface area (Å²) in [5, 5.41) is 0. The lowest BCUT2D eigenvalue weighted by Gasteiger charge is -2.15. The Morgan fingerprint density at radius 3 is 1.88 bits per heavy atom. The fourth-order valence-electron chi connectivity index (χ4n) is 1.42. The second-order valence-electron chi connectivity index (χ2n) is 3.62. The molecule has 0 saturated heterocycles. The average Bonchev–Trinajstić information content (AvgIpc) is 3.02. The average molecular weight is 236 g/mol. The van der Waals surface area contributed by atoms with Gasteiger partial charge in [-0.05, 0) is 30.7 Å². The first-order valence-corrected chi connectivity index (χ1v) is 5.66. The van der Waals surface area contributed by atoms with Gasteiger partial charge in [0.05, 0.1) is 12.5 Å². The molecule has 17 heavy (non-hydrogen) atoms. The molecule has 0 bridgehead atoms. The van der Waals surface area contributed by atoms with E-state index in [-0.39, 0.29) is 6.29 Å². The van der Waals surface area contributed by atoms with Crippen molar-refractivity contribution < 1.29 is 18.3 Å². The van der Waals surface area contributed by atoms with Crippen LogP contribution in [0.4, 0.5) is 0 Å². The summed E-state index contributed by atoms with van der Waals surface area (Å²) in [5.41, 5.74) is 0. The minimum Gasteiger partial charge on any atom is -0.467 e. The molecule has 0 aliphatic rings. The third-order valence-corrected chi connectivity index (χ3v) is 2.32. The van der Waals surface area contributed by atoms with E-state index in [1.807, 2.05) is 31.2 Å². The van der Waals surface area contributed by atoms with Crippen LogP contribution < -0.4 is 0 Å². The molecule has 2 aromatic heterocycles. The molecule has 0 aromatic carbocycles. The molecule has 4 heteroatoms. The first-order chi connectivity index (χ1) is 8.38. The van der Waals surface area contributed by atoms with E-state index in [4.69, 9.17) is 18.3 Å². The van der Waals surface area contributed by atoms with Crippen LogP contribution in [-0.2, 0) is 22.7 Å². The van der Waals surface area contributed by atoms with E-state index in [0.29, 0.717) is 13.2 Å². The molecule has 4 nitrogen and oxygen atoms in total. The van der Waals surface area contributed by atoms with Crippen molar-refractivity contribution in [2.45, 2.75) is 32.8 Å². The highest BCUT2D eigenvalue weighted by molar-refractivity contribution is 4.97. The highest BCUT2D eigenvalue weighted by Crippen LogP contribution is 2.10. The lowest BCUT2D eigenvalue weighted by molar-refractivity contribution is -0.162. The quantitative estimate of drug-likeness (QED) is 0.691. The number of hydrogen-bond donors (Lipinski definition) is 0. The van der Waals surface area contributed by atoms with Crippen LogP contribution in [0.2, 0.25) is 0 Å². The van der Waals surface area contributed by atoms with Gasteiger partial charge in [0.1, 0.15) is 24.7 Å². The monoisotopic (exact) mass is 236 g/mol. The lowest BCUT2D eigenvalue weighted by atomic mass is 10.4. The summed E-state index contributed by atoms with van der Waals surface area (Å²) in [4.78, 5) is 0. The van der Waals surface area contributed by atoms with Crippen molar-refractivity contribution in [2.75, 3.05) is 0 Å². The smallest absolute Gasteiger partial charge is 0.158 e. The Morgan fingerprint density at radius 1 is 1.00 bits per heavy atom. The summed E-state index contributed by atoms with van der Waals surface area (Å²) in [7, 11) is 0. The Balaban J connectivity index is 1.73. The van der Waals surface area contributed by atoms with Crippen molar-refractivity contribution in [1.29, 1.82) is 0 Å². The molecule has 0 aliphatic carbocycles. The van der Waals surface area contributed by atoms with Crippen LogP contribution in [0.3, 0.4) is 0 Å². The molecule has 0 N–H and O–H groups in total. The van der Waals surface area contributed by atoms with E-state index >= 15 is 0 Å². The Labute approximate surface area is 100 Å². The van der Waals surface area contributed by atoms with Gasteiger partial charge in [-0.15, -0.1) is 0 Å². The SMILES string of the molecule is CCC(OCc1ccco1)OCc1ccco1. The summed E-state index contributed by atoms with van der Waals surface area (Å²) in [6.07, 6.45) is 3.79. The molecular weight excluding hydrogens is 220 g/mol. The van der Waals surface area contributed by atoms with Crippen LogP contribution >= 0.6 is 0 Å². The van der Waals surface area contributed by atoms with Gasteiger partial charge in [0.15, 0.2) is 6.29 Å². The van der Waals surface area contributed by atoms with Crippen molar-refractivity contribution in [3.05, 3.63) is 48.3 Å².